The number of nitrogens with two attached hydrogens (primary N) is 2. The van der Waals surface area contributed by atoms with E-state index in [2.05, 4.69) is 13.8 Å². The fraction of sp³-hybridized carbons (Fsp3) is 0.529. The molecule has 126 valence electrons. The number of fused-ring (bicyclic) bond motifs is 1. The van der Waals surface area contributed by atoms with E-state index in [4.69, 9.17) is 16.2 Å². The van der Waals surface area contributed by atoms with E-state index in [0.29, 0.717) is 17.4 Å². The van der Waals surface area contributed by atoms with Gasteiger partial charge < -0.3 is 16.2 Å². The van der Waals surface area contributed by atoms with E-state index in [1.54, 1.807) is 6.92 Å². The molecular formula is C17H25N3O3. The maximum absolute atomic E-state index is 12.3. The van der Waals surface area contributed by atoms with Crippen molar-refractivity contribution in [1.82, 2.24) is 0 Å². The molecule has 2 amide bonds. The zero-order valence-electron chi connectivity index (χ0n) is 13.9. The molecule has 1 aliphatic heterocycles. The lowest BCUT2D eigenvalue weighted by Crippen LogP contribution is -2.48. The fourth-order valence-electron chi connectivity index (χ4n) is 3.02. The molecule has 0 aromatic heterocycles. The summed E-state index contributed by atoms with van der Waals surface area (Å²) in [5, 5.41) is 0. The van der Waals surface area contributed by atoms with Gasteiger partial charge in [-0.3, -0.25) is 14.5 Å². The normalized spacial score (nSPS) is 18.6. The Morgan fingerprint density at radius 3 is 2.57 bits per heavy atom. The maximum atomic E-state index is 12.3. The SMILES string of the molecule is CCC(CC)C(N)c1ccc2c(c1)N(CC(N)=O)C(=O)C(C)O2. The zero-order chi connectivity index (χ0) is 17.1. The van der Waals surface area contributed by atoms with Crippen molar-refractivity contribution in [2.24, 2.45) is 17.4 Å². The highest BCUT2D eigenvalue weighted by Gasteiger charge is 2.33. The number of anilines is 1. The summed E-state index contributed by atoms with van der Waals surface area (Å²) in [6.45, 7) is 5.71. The second-order valence-corrected chi connectivity index (χ2v) is 5.98. The van der Waals surface area contributed by atoms with Crippen LogP contribution in [0.15, 0.2) is 18.2 Å². The molecule has 4 N–H and O–H groups in total. The van der Waals surface area contributed by atoms with Crippen molar-refractivity contribution in [2.75, 3.05) is 11.4 Å². The predicted octanol–water partition coefficient (Wildman–Crippen LogP) is 1.72. The smallest absolute Gasteiger partial charge is 0.268 e. The number of hydrogen-bond acceptors (Lipinski definition) is 4. The number of hydrogen-bond donors (Lipinski definition) is 2. The van der Waals surface area contributed by atoms with Gasteiger partial charge in [-0.25, -0.2) is 0 Å². The minimum atomic E-state index is -0.639. The van der Waals surface area contributed by atoms with E-state index in [1.807, 2.05) is 18.2 Å². The number of nitrogens with zero attached hydrogens (tertiary/aromatic N) is 1. The average molecular weight is 319 g/mol. The lowest BCUT2D eigenvalue weighted by atomic mass is 9.89. The minimum absolute atomic E-state index is 0.125. The van der Waals surface area contributed by atoms with E-state index in [9.17, 15) is 9.59 Å². The van der Waals surface area contributed by atoms with Crippen molar-refractivity contribution in [1.29, 1.82) is 0 Å². The van der Waals surface area contributed by atoms with Crippen molar-refractivity contribution in [3.63, 3.8) is 0 Å². The van der Waals surface area contributed by atoms with E-state index >= 15 is 0 Å². The van der Waals surface area contributed by atoms with Gasteiger partial charge in [0.1, 0.15) is 12.3 Å². The molecule has 1 aliphatic rings. The topological polar surface area (TPSA) is 98.6 Å². The molecule has 6 heteroatoms. The Morgan fingerprint density at radius 2 is 2.00 bits per heavy atom. The van der Waals surface area contributed by atoms with Gasteiger partial charge in [-0.2, -0.15) is 0 Å². The molecule has 23 heavy (non-hydrogen) atoms. The highest BCUT2D eigenvalue weighted by molar-refractivity contribution is 6.03. The monoisotopic (exact) mass is 319 g/mol. The Labute approximate surface area is 136 Å². The summed E-state index contributed by atoms with van der Waals surface area (Å²) in [5.74, 6) is 0.0910. The van der Waals surface area contributed by atoms with Crippen LogP contribution in [0.3, 0.4) is 0 Å². The van der Waals surface area contributed by atoms with Gasteiger partial charge >= 0.3 is 0 Å². The standard InChI is InChI=1S/C17H25N3O3/c1-4-11(5-2)16(19)12-6-7-14-13(8-12)20(9-15(18)21)17(22)10(3)23-14/h6-8,10-11,16H,4-5,9,19H2,1-3H3,(H2,18,21). The molecule has 1 heterocycles. The van der Waals surface area contributed by atoms with Gasteiger partial charge in [0.25, 0.3) is 5.91 Å². The molecule has 0 radical (unpaired) electrons. The Hall–Kier alpha value is -2.08. The molecular weight excluding hydrogens is 294 g/mol. The molecule has 0 spiro atoms. The van der Waals surface area contributed by atoms with Crippen LogP contribution in [0.5, 0.6) is 5.75 Å². The second kappa shape index (κ2) is 7.00. The quantitative estimate of drug-likeness (QED) is 0.834. The summed E-state index contributed by atoms with van der Waals surface area (Å²) < 4.78 is 5.62. The Balaban J connectivity index is 2.41. The lowest BCUT2D eigenvalue weighted by molar-refractivity contribution is -0.127. The Morgan fingerprint density at radius 1 is 1.35 bits per heavy atom. The van der Waals surface area contributed by atoms with Gasteiger partial charge in [-0.15, -0.1) is 0 Å². The highest BCUT2D eigenvalue weighted by Crippen LogP contribution is 2.37. The summed E-state index contributed by atoms with van der Waals surface area (Å²) in [6.07, 6.45) is 1.32. The van der Waals surface area contributed by atoms with Crippen LogP contribution in [0.1, 0.15) is 45.2 Å². The van der Waals surface area contributed by atoms with E-state index in [1.165, 1.54) is 4.90 Å². The molecule has 6 nitrogen and oxygen atoms in total. The molecule has 1 aromatic rings. The van der Waals surface area contributed by atoms with Crippen molar-refractivity contribution in [2.45, 2.75) is 45.8 Å². The molecule has 0 aliphatic carbocycles. The van der Waals surface area contributed by atoms with Crippen LogP contribution in [0.25, 0.3) is 0 Å². The van der Waals surface area contributed by atoms with Crippen molar-refractivity contribution < 1.29 is 14.3 Å². The van der Waals surface area contributed by atoms with Crippen LogP contribution >= 0.6 is 0 Å². The first kappa shape index (κ1) is 17.3. The summed E-state index contributed by atoms with van der Waals surface area (Å²) in [7, 11) is 0. The molecule has 0 saturated carbocycles. The first-order chi connectivity index (χ1) is 10.9. The second-order valence-electron chi connectivity index (χ2n) is 5.98. The molecule has 0 saturated heterocycles. The summed E-state index contributed by atoms with van der Waals surface area (Å²) in [5.41, 5.74) is 13.1. The first-order valence-corrected chi connectivity index (χ1v) is 8.04. The number of ether oxygens (including phenoxy) is 1. The fourth-order valence-corrected chi connectivity index (χ4v) is 3.02. The number of carbonyl (C=O) groups is 2. The van der Waals surface area contributed by atoms with E-state index < -0.39 is 12.0 Å². The third kappa shape index (κ3) is 3.47. The predicted molar refractivity (Wildman–Crippen MR) is 89.1 cm³/mol. The molecule has 0 fully saturated rings. The summed E-state index contributed by atoms with van der Waals surface area (Å²) >= 11 is 0. The van der Waals surface area contributed by atoms with Crippen LogP contribution < -0.4 is 21.1 Å². The van der Waals surface area contributed by atoms with Gasteiger partial charge in [-0.05, 0) is 30.5 Å². The number of benzene rings is 1. The molecule has 1 aromatic carbocycles. The van der Waals surface area contributed by atoms with Crippen molar-refractivity contribution >= 4 is 17.5 Å². The van der Waals surface area contributed by atoms with Crippen molar-refractivity contribution in [3.05, 3.63) is 23.8 Å². The highest BCUT2D eigenvalue weighted by atomic mass is 16.5. The van der Waals surface area contributed by atoms with Crippen LogP contribution in [0.4, 0.5) is 5.69 Å². The van der Waals surface area contributed by atoms with Crippen LogP contribution in [0.2, 0.25) is 0 Å². The van der Waals surface area contributed by atoms with E-state index in [0.717, 1.165) is 18.4 Å². The number of carbonyl (C=O) groups excluding carboxylic acids is 2. The Bertz CT molecular complexity index is 599. The first-order valence-electron chi connectivity index (χ1n) is 8.04. The molecule has 2 atom stereocenters. The van der Waals surface area contributed by atoms with Crippen LogP contribution in [-0.2, 0) is 9.59 Å². The van der Waals surface area contributed by atoms with Gasteiger partial charge in [0.05, 0.1) is 5.69 Å². The summed E-state index contributed by atoms with van der Waals surface area (Å²) in [4.78, 5) is 25.0. The Kier molecular flexibility index (Phi) is 5.26. The molecule has 2 unspecified atom stereocenters. The maximum Gasteiger partial charge on any atom is 0.268 e. The lowest BCUT2D eigenvalue weighted by Gasteiger charge is -2.33. The van der Waals surface area contributed by atoms with Crippen LogP contribution in [-0.4, -0.2) is 24.5 Å². The van der Waals surface area contributed by atoms with Gasteiger partial charge in [0.2, 0.25) is 5.91 Å². The molecule has 2 rings (SSSR count). The zero-order valence-corrected chi connectivity index (χ0v) is 13.9. The number of amides is 2. The third-order valence-corrected chi connectivity index (χ3v) is 4.45. The van der Waals surface area contributed by atoms with Gasteiger partial charge in [-0.1, -0.05) is 32.8 Å². The van der Waals surface area contributed by atoms with Crippen molar-refractivity contribution in [3.8, 4) is 5.75 Å². The van der Waals surface area contributed by atoms with Crippen LogP contribution in [0, 0.1) is 5.92 Å². The third-order valence-electron chi connectivity index (χ3n) is 4.45. The van der Waals surface area contributed by atoms with E-state index in [-0.39, 0.29) is 18.5 Å². The van der Waals surface area contributed by atoms with Gasteiger partial charge in [0, 0.05) is 6.04 Å². The average Bonchev–Trinajstić information content (AvgIpc) is 2.52. The number of primary amides is 1. The molecule has 0 bridgehead atoms. The number of rotatable bonds is 6. The summed E-state index contributed by atoms with van der Waals surface area (Å²) in [6, 6.07) is 5.45. The largest absolute Gasteiger partial charge is 0.479 e. The van der Waals surface area contributed by atoms with Gasteiger partial charge in [0.15, 0.2) is 6.10 Å². The minimum Gasteiger partial charge on any atom is -0.479 e.